The Kier molecular flexibility index (Phi) is 3.82. The molecular formula is C18H18ClN3O2. The van der Waals surface area contributed by atoms with Crippen molar-refractivity contribution in [3.63, 3.8) is 0 Å². The molecule has 1 aliphatic heterocycles. The summed E-state index contributed by atoms with van der Waals surface area (Å²) in [6.45, 7) is 1.40. The van der Waals surface area contributed by atoms with Crippen LogP contribution in [0.15, 0.2) is 36.5 Å². The Labute approximate surface area is 144 Å². The number of aromatic amines is 1. The number of pyridine rings is 1. The van der Waals surface area contributed by atoms with Gasteiger partial charge in [0.15, 0.2) is 0 Å². The lowest BCUT2D eigenvalue weighted by Crippen LogP contribution is -2.22. The maximum absolute atomic E-state index is 9.75. The molecule has 3 heterocycles. The first-order chi connectivity index (χ1) is 11.7. The lowest BCUT2D eigenvalue weighted by Gasteiger charge is -2.20. The van der Waals surface area contributed by atoms with E-state index >= 15 is 0 Å². The van der Waals surface area contributed by atoms with Gasteiger partial charge in [-0.15, -0.1) is 0 Å². The van der Waals surface area contributed by atoms with Gasteiger partial charge in [0.05, 0.1) is 29.6 Å². The van der Waals surface area contributed by atoms with Crippen molar-refractivity contribution in [1.82, 2.24) is 9.97 Å². The van der Waals surface area contributed by atoms with E-state index in [2.05, 4.69) is 14.9 Å². The normalized spacial score (nSPS) is 17.6. The zero-order valence-corrected chi connectivity index (χ0v) is 14.0. The molecule has 0 spiro atoms. The van der Waals surface area contributed by atoms with Crippen molar-refractivity contribution in [2.24, 2.45) is 0 Å². The molecule has 2 N–H and O–H groups in total. The highest BCUT2D eigenvalue weighted by Crippen LogP contribution is 2.35. The number of nitrogens with one attached hydrogen (secondary N) is 1. The molecule has 4 rings (SSSR count). The number of β-amino-alcohol motifs (C(OH)–C–C–N with tert-alkyl or cyclic N) is 1. The van der Waals surface area contributed by atoms with Crippen molar-refractivity contribution in [3.05, 3.63) is 41.6 Å². The van der Waals surface area contributed by atoms with Crippen LogP contribution in [-0.2, 0) is 0 Å². The van der Waals surface area contributed by atoms with E-state index in [1.54, 1.807) is 7.11 Å². The van der Waals surface area contributed by atoms with E-state index in [9.17, 15) is 5.11 Å². The van der Waals surface area contributed by atoms with Crippen LogP contribution in [0.25, 0.3) is 22.2 Å². The van der Waals surface area contributed by atoms with Crippen LogP contribution in [-0.4, -0.2) is 41.4 Å². The number of anilines is 1. The highest BCUT2D eigenvalue weighted by molar-refractivity contribution is 6.34. The third kappa shape index (κ3) is 2.60. The second kappa shape index (κ2) is 6.00. The van der Waals surface area contributed by atoms with Gasteiger partial charge in [-0.3, -0.25) is 0 Å². The summed E-state index contributed by atoms with van der Waals surface area (Å²) >= 11 is 6.43. The number of H-pyrrole nitrogens is 1. The van der Waals surface area contributed by atoms with E-state index in [1.165, 1.54) is 0 Å². The highest BCUT2D eigenvalue weighted by Gasteiger charge is 2.24. The van der Waals surface area contributed by atoms with Crippen molar-refractivity contribution < 1.29 is 9.84 Å². The summed E-state index contributed by atoms with van der Waals surface area (Å²) in [5, 5.41) is 11.5. The largest absolute Gasteiger partial charge is 0.480 e. The monoisotopic (exact) mass is 343 g/mol. The van der Waals surface area contributed by atoms with E-state index in [0.717, 1.165) is 40.8 Å². The van der Waals surface area contributed by atoms with Crippen molar-refractivity contribution in [3.8, 4) is 17.1 Å². The first kappa shape index (κ1) is 15.3. The molecule has 0 aliphatic carbocycles. The molecule has 0 amide bonds. The van der Waals surface area contributed by atoms with Gasteiger partial charge in [-0.25, -0.2) is 4.98 Å². The second-order valence-corrected chi connectivity index (χ2v) is 6.42. The summed E-state index contributed by atoms with van der Waals surface area (Å²) in [5.41, 5.74) is 3.54. The van der Waals surface area contributed by atoms with Gasteiger partial charge in [0.25, 0.3) is 0 Å². The van der Waals surface area contributed by atoms with Crippen LogP contribution >= 0.6 is 11.6 Å². The average molecular weight is 344 g/mol. The molecule has 0 saturated carbocycles. The van der Waals surface area contributed by atoms with Crippen LogP contribution in [0.5, 0.6) is 5.88 Å². The molecule has 24 heavy (non-hydrogen) atoms. The quantitative estimate of drug-likeness (QED) is 0.764. The number of aliphatic hydroxyl groups excluding tert-OH is 1. The molecule has 1 aliphatic rings. The number of hydrogen-bond donors (Lipinski definition) is 2. The van der Waals surface area contributed by atoms with Crippen molar-refractivity contribution >= 4 is 28.2 Å². The Hall–Kier alpha value is -2.24. The first-order valence-corrected chi connectivity index (χ1v) is 8.28. The van der Waals surface area contributed by atoms with Gasteiger partial charge in [0, 0.05) is 35.8 Å². The van der Waals surface area contributed by atoms with E-state index in [4.69, 9.17) is 16.3 Å². The molecule has 0 radical (unpaired) electrons. The number of hydrogen-bond acceptors (Lipinski definition) is 4. The number of ether oxygens (including phenoxy) is 1. The van der Waals surface area contributed by atoms with Crippen LogP contribution in [0.3, 0.4) is 0 Å². The minimum atomic E-state index is -0.292. The number of rotatable bonds is 3. The SMILES string of the molecule is COc1nc(-c2cc3cc[nH]c3cc2Cl)ccc1N1CCC(O)C1. The fraction of sp³-hybridized carbons (Fsp3) is 0.278. The summed E-state index contributed by atoms with van der Waals surface area (Å²) in [7, 11) is 1.61. The number of benzene rings is 1. The zero-order chi connectivity index (χ0) is 16.7. The molecule has 124 valence electrons. The van der Waals surface area contributed by atoms with Crippen LogP contribution in [0.1, 0.15) is 6.42 Å². The summed E-state index contributed by atoms with van der Waals surface area (Å²) in [6.07, 6.45) is 2.36. The zero-order valence-electron chi connectivity index (χ0n) is 13.3. The first-order valence-electron chi connectivity index (χ1n) is 7.91. The highest BCUT2D eigenvalue weighted by atomic mass is 35.5. The number of halogens is 1. The van der Waals surface area contributed by atoms with Crippen molar-refractivity contribution in [2.45, 2.75) is 12.5 Å². The minimum absolute atomic E-state index is 0.292. The molecule has 1 saturated heterocycles. The van der Waals surface area contributed by atoms with Gasteiger partial charge >= 0.3 is 0 Å². The van der Waals surface area contributed by atoms with Gasteiger partial charge in [-0.05, 0) is 36.8 Å². The fourth-order valence-electron chi connectivity index (χ4n) is 3.21. The molecule has 6 heteroatoms. The van der Waals surface area contributed by atoms with Crippen molar-refractivity contribution in [2.75, 3.05) is 25.1 Å². The van der Waals surface area contributed by atoms with Crippen LogP contribution < -0.4 is 9.64 Å². The summed E-state index contributed by atoms with van der Waals surface area (Å²) in [4.78, 5) is 9.89. The molecule has 3 aromatic rings. The molecule has 2 aromatic heterocycles. The second-order valence-electron chi connectivity index (χ2n) is 6.01. The van der Waals surface area contributed by atoms with Gasteiger partial charge in [-0.1, -0.05) is 11.6 Å². The van der Waals surface area contributed by atoms with E-state index in [1.807, 2.05) is 36.5 Å². The molecular weight excluding hydrogens is 326 g/mol. The summed E-state index contributed by atoms with van der Waals surface area (Å²) < 4.78 is 5.48. The standard InChI is InChI=1S/C18H18ClN3O2/c1-24-18-17(22-7-5-12(23)10-22)3-2-15(21-18)13-8-11-4-6-20-16(11)9-14(13)19/h2-4,6,8-9,12,20,23H,5,7,10H2,1H3. The average Bonchev–Trinajstić information content (AvgIpc) is 3.21. The van der Waals surface area contributed by atoms with E-state index in [0.29, 0.717) is 17.4 Å². The molecule has 5 nitrogen and oxygen atoms in total. The van der Waals surface area contributed by atoms with Gasteiger partial charge in [-0.2, -0.15) is 0 Å². The number of fused-ring (bicyclic) bond motifs is 1. The minimum Gasteiger partial charge on any atom is -0.480 e. The smallest absolute Gasteiger partial charge is 0.237 e. The number of aliphatic hydroxyl groups is 1. The number of aromatic nitrogens is 2. The lowest BCUT2D eigenvalue weighted by atomic mass is 10.1. The molecule has 1 unspecified atom stereocenters. The topological polar surface area (TPSA) is 61.4 Å². The molecule has 1 aromatic carbocycles. The van der Waals surface area contributed by atoms with Crippen LogP contribution in [0.2, 0.25) is 5.02 Å². The number of methoxy groups -OCH3 is 1. The molecule has 1 fully saturated rings. The maximum Gasteiger partial charge on any atom is 0.237 e. The third-order valence-corrected chi connectivity index (χ3v) is 4.77. The third-order valence-electron chi connectivity index (χ3n) is 4.45. The van der Waals surface area contributed by atoms with Gasteiger partial charge in [0.2, 0.25) is 5.88 Å². The van der Waals surface area contributed by atoms with Crippen LogP contribution in [0.4, 0.5) is 5.69 Å². The fourth-order valence-corrected chi connectivity index (χ4v) is 3.47. The Morgan fingerprint density at radius 3 is 2.96 bits per heavy atom. The maximum atomic E-state index is 9.75. The van der Waals surface area contributed by atoms with Gasteiger partial charge < -0.3 is 19.7 Å². The summed E-state index contributed by atoms with van der Waals surface area (Å²) in [5.74, 6) is 0.548. The Balaban J connectivity index is 1.76. The lowest BCUT2D eigenvalue weighted by molar-refractivity contribution is 0.198. The van der Waals surface area contributed by atoms with Gasteiger partial charge in [0.1, 0.15) is 0 Å². The Bertz CT molecular complexity index is 893. The molecule has 1 atom stereocenters. The predicted octanol–water partition coefficient (Wildman–Crippen LogP) is 3.46. The van der Waals surface area contributed by atoms with E-state index in [-0.39, 0.29) is 6.10 Å². The van der Waals surface area contributed by atoms with Crippen molar-refractivity contribution in [1.29, 1.82) is 0 Å². The summed E-state index contributed by atoms with van der Waals surface area (Å²) in [6, 6.07) is 9.87. The number of nitrogens with zero attached hydrogens (tertiary/aromatic N) is 2. The van der Waals surface area contributed by atoms with E-state index < -0.39 is 0 Å². The van der Waals surface area contributed by atoms with Crippen LogP contribution in [0, 0.1) is 0 Å². The Morgan fingerprint density at radius 1 is 1.33 bits per heavy atom. The molecule has 0 bridgehead atoms. The predicted molar refractivity (Wildman–Crippen MR) is 95.9 cm³/mol. The Morgan fingerprint density at radius 2 is 2.21 bits per heavy atom.